The van der Waals surface area contributed by atoms with Gasteiger partial charge in [-0.1, -0.05) is 0 Å². The Hall–Kier alpha value is -2.03. The minimum absolute atomic E-state index is 0.215. The number of esters is 1. The van der Waals surface area contributed by atoms with Crippen LogP contribution in [0, 0.1) is 13.8 Å². The summed E-state index contributed by atoms with van der Waals surface area (Å²) in [6.07, 6.45) is 0. The van der Waals surface area contributed by atoms with Crippen LogP contribution in [0.1, 0.15) is 37.5 Å². The second-order valence-corrected chi connectivity index (χ2v) is 8.07. The van der Waals surface area contributed by atoms with Crippen LogP contribution in [0.25, 0.3) is 10.6 Å². The first-order valence-electron chi connectivity index (χ1n) is 7.58. The van der Waals surface area contributed by atoms with Crippen LogP contribution in [-0.2, 0) is 4.74 Å². The van der Waals surface area contributed by atoms with E-state index in [1.165, 1.54) is 22.7 Å². The highest BCUT2D eigenvalue weighted by Crippen LogP contribution is 2.31. The highest BCUT2D eigenvalue weighted by Gasteiger charge is 2.19. The van der Waals surface area contributed by atoms with Crippen LogP contribution in [0.3, 0.4) is 0 Å². The van der Waals surface area contributed by atoms with Crippen LogP contribution in [0.15, 0.2) is 22.9 Å². The molecule has 130 valence electrons. The number of carbonyl (C=O) groups is 2. The van der Waals surface area contributed by atoms with Gasteiger partial charge in [0.25, 0.3) is 5.91 Å². The number of nitrogens with zero attached hydrogens (tertiary/aromatic N) is 1. The molecule has 0 atom stereocenters. The first-order chi connectivity index (χ1) is 12.0. The third-order valence-electron chi connectivity index (χ3n) is 3.39. The first-order valence-corrected chi connectivity index (χ1v) is 10.2. The quantitative estimate of drug-likeness (QED) is 0.622. The van der Waals surface area contributed by atoms with E-state index >= 15 is 0 Å². The van der Waals surface area contributed by atoms with Gasteiger partial charge in [-0.05, 0) is 43.8 Å². The van der Waals surface area contributed by atoms with Crippen molar-refractivity contribution >= 4 is 50.9 Å². The maximum atomic E-state index is 12.6. The van der Waals surface area contributed by atoms with Gasteiger partial charge < -0.3 is 10.1 Å². The lowest BCUT2D eigenvalue weighted by Gasteiger charge is -2.00. The van der Waals surface area contributed by atoms with Gasteiger partial charge in [0.2, 0.25) is 0 Å². The zero-order valence-electron chi connectivity index (χ0n) is 13.9. The number of aromatic nitrogens is 1. The number of anilines is 1. The molecular formula is C17H16N2O3S3. The van der Waals surface area contributed by atoms with E-state index in [4.69, 9.17) is 4.74 Å². The minimum Gasteiger partial charge on any atom is -0.462 e. The number of carbonyl (C=O) groups excluding carboxylic acids is 2. The van der Waals surface area contributed by atoms with Crippen LogP contribution in [0.5, 0.6) is 0 Å². The number of aryl methyl sites for hydroxylation is 2. The smallest absolute Gasteiger partial charge is 0.348 e. The van der Waals surface area contributed by atoms with E-state index in [0.717, 1.165) is 16.1 Å². The van der Waals surface area contributed by atoms with Crippen molar-refractivity contribution in [2.45, 2.75) is 20.8 Å². The lowest BCUT2D eigenvalue weighted by Crippen LogP contribution is -2.10. The van der Waals surface area contributed by atoms with E-state index in [2.05, 4.69) is 10.3 Å². The molecule has 0 fully saturated rings. The van der Waals surface area contributed by atoms with Crippen molar-refractivity contribution in [3.05, 3.63) is 43.9 Å². The van der Waals surface area contributed by atoms with E-state index in [1.807, 2.05) is 30.7 Å². The number of ether oxygens (including phenoxy) is 1. The Balaban J connectivity index is 1.79. The Morgan fingerprint density at radius 3 is 2.72 bits per heavy atom. The van der Waals surface area contributed by atoms with Gasteiger partial charge in [0.05, 0.1) is 17.3 Å². The molecule has 0 unspecified atom stereocenters. The Morgan fingerprint density at radius 1 is 1.24 bits per heavy atom. The highest BCUT2D eigenvalue weighted by atomic mass is 32.1. The summed E-state index contributed by atoms with van der Waals surface area (Å²) in [6, 6.07) is 3.77. The van der Waals surface area contributed by atoms with Crippen molar-refractivity contribution in [1.82, 2.24) is 4.98 Å². The molecule has 25 heavy (non-hydrogen) atoms. The lowest BCUT2D eigenvalue weighted by atomic mass is 10.3. The Labute approximate surface area is 157 Å². The second-order valence-electron chi connectivity index (χ2n) is 5.24. The molecule has 0 saturated carbocycles. The van der Waals surface area contributed by atoms with Gasteiger partial charge in [-0.3, -0.25) is 4.79 Å². The van der Waals surface area contributed by atoms with Gasteiger partial charge in [-0.25, -0.2) is 9.78 Å². The SMILES string of the molecule is CCOC(=O)c1sc(NC(=O)c2sc(-c3ccsc3)nc2C)cc1C. The number of thiazole rings is 1. The van der Waals surface area contributed by atoms with Crippen molar-refractivity contribution in [1.29, 1.82) is 0 Å². The first kappa shape index (κ1) is 17.8. The van der Waals surface area contributed by atoms with Crippen LogP contribution >= 0.6 is 34.0 Å². The summed E-state index contributed by atoms with van der Waals surface area (Å²) < 4.78 is 5.03. The Kier molecular flexibility index (Phi) is 5.31. The number of hydrogen-bond donors (Lipinski definition) is 1. The van der Waals surface area contributed by atoms with E-state index in [1.54, 1.807) is 24.3 Å². The molecule has 0 saturated heterocycles. The second kappa shape index (κ2) is 7.47. The molecule has 8 heteroatoms. The van der Waals surface area contributed by atoms with Crippen molar-refractivity contribution in [2.75, 3.05) is 11.9 Å². The highest BCUT2D eigenvalue weighted by molar-refractivity contribution is 7.19. The van der Waals surface area contributed by atoms with Crippen LogP contribution < -0.4 is 5.32 Å². The molecule has 0 aliphatic rings. The monoisotopic (exact) mass is 392 g/mol. The number of hydrogen-bond acceptors (Lipinski definition) is 7. The van der Waals surface area contributed by atoms with Crippen molar-refractivity contribution < 1.29 is 14.3 Å². The topological polar surface area (TPSA) is 68.3 Å². The maximum absolute atomic E-state index is 12.6. The molecule has 0 aliphatic heterocycles. The largest absolute Gasteiger partial charge is 0.462 e. The van der Waals surface area contributed by atoms with Gasteiger partial charge in [0, 0.05) is 10.9 Å². The molecule has 1 amide bonds. The molecule has 0 spiro atoms. The molecule has 0 radical (unpaired) electrons. The van der Waals surface area contributed by atoms with E-state index in [9.17, 15) is 9.59 Å². The summed E-state index contributed by atoms with van der Waals surface area (Å²) in [5, 5.41) is 8.30. The molecule has 1 N–H and O–H groups in total. The summed E-state index contributed by atoms with van der Waals surface area (Å²) >= 11 is 4.18. The molecule has 3 heterocycles. The molecule has 0 bridgehead atoms. The molecule has 0 aromatic carbocycles. The molecule has 5 nitrogen and oxygen atoms in total. The summed E-state index contributed by atoms with van der Waals surface area (Å²) in [4.78, 5) is 30.0. The average molecular weight is 393 g/mol. The van der Waals surface area contributed by atoms with Gasteiger partial charge in [0.15, 0.2) is 0 Å². The van der Waals surface area contributed by atoms with E-state index in [0.29, 0.717) is 27.1 Å². The number of amides is 1. The predicted octanol–water partition coefficient (Wildman–Crippen LogP) is 4.98. The summed E-state index contributed by atoms with van der Waals surface area (Å²) in [6.45, 7) is 5.74. The number of rotatable bonds is 5. The molecule has 0 aliphatic carbocycles. The van der Waals surface area contributed by atoms with E-state index in [-0.39, 0.29) is 11.9 Å². The molecule has 3 aromatic heterocycles. The van der Waals surface area contributed by atoms with Crippen LogP contribution in [0.2, 0.25) is 0 Å². The van der Waals surface area contributed by atoms with Crippen LogP contribution in [-0.4, -0.2) is 23.5 Å². The lowest BCUT2D eigenvalue weighted by molar-refractivity contribution is 0.0531. The predicted molar refractivity (Wildman–Crippen MR) is 103 cm³/mol. The Bertz CT molecular complexity index is 910. The molecule has 3 aromatic rings. The standard InChI is InChI=1S/C17H16N2O3S3/c1-4-22-17(21)13-9(2)7-12(24-13)19-15(20)14-10(3)18-16(25-14)11-5-6-23-8-11/h5-8H,4H2,1-3H3,(H,19,20). The third kappa shape index (κ3) is 3.81. The van der Waals surface area contributed by atoms with Gasteiger partial charge in [0.1, 0.15) is 14.8 Å². The maximum Gasteiger partial charge on any atom is 0.348 e. The van der Waals surface area contributed by atoms with Gasteiger partial charge in [-0.15, -0.1) is 22.7 Å². The molecular weight excluding hydrogens is 376 g/mol. The van der Waals surface area contributed by atoms with Gasteiger partial charge >= 0.3 is 5.97 Å². The van der Waals surface area contributed by atoms with Crippen molar-refractivity contribution in [3.8, 4) is 10.6 Å². The summed E-state index contributed by atoms with van der Waals surface area (Å²) in [5.74, 6) is -0.577. The van der Waals surface area contributed by atoms with Crippen molar-refractivity contribution in [3.63, 3.8) is 0 Å². The van der Waals surface area contributed by atoms with Gasteiger partial charge in [-0.2, -0.15) is 11.3 Å². The zero-order chi connectivity index (χ0) is 18.0. The fourth-order valence-corrected chi connectivity index (χ4v) is 4.86. The fraction of sp³-hybridized carbons (Fsp3) is 0.235. The van der Waals surface area contributed by atoms with E-state index < -0.39 is 0 Å². The Morgan fingerprint density at radius 2 is 2.04 bits per heavy atom. The van der Waals surface area contributed by atoms with Crippen molar-refractivity contribution in [2.24, 2.45) is 0 Å². The minimum atomic E-state index is -0.362. The number of thiophene rings is 2. The normalized spacial score (nSPS) is 10.7. The number of nitrogens with one attached hydrogen (secondary N) is 1. The summed E-state index contributed by atoms with van der Waals surface area (Å²) in [5.41, 5.74) is 2.51. The summed E-state index contributed by atoms with van der Waals surface area (Å²) in [7, 11) is 0. The average Bonchev–Trinajstić information content (AvgIpc) is 3.27. The fourth-order valence-electron chi connectivity index (χ4n) is 2.23. The zero-order valence-corrected chi connectivity index (χ0v) is 16.4. The van der Waals surface area contributed by atoms with Crippen LogP contribution in [0.4, 0.5) is 5.00 Å². The molecule has 3 rings (SSSR count). The third-order valence-corrected chi connectivity index (χ3v) is 6.41.